The van der Waals surface area contributed by atoms with Crippen molar-refractivity contribution in [2.45, 2.75) is 18.8 Å². The normalized spacial score (nSPS) is 22.8. The number of amides is 2. The van der Waals surface area contributed by atoms with Crippen LogP contribution in [-0.4, -0.2) is 47.8 Å². The maximum absolute atomic E-state index is 13.3. The SMILES string of the molecule is O=C(c1cccs1)N1C[C@H](C(=O)N2CCCC2)[C@H](c2ccc(F)cc2)C1. The van der Waals surface area contributed by atoms with E-state index in [1.54, 1.807) is 17.0 Å². The van der Waals surface area contributed by atoms with E-state index in [1.807, 2.05) is 22.4 Å². The van der Waals surface area contributed by atoms with E-state index in [-0.39, 0.29) is 29.5 Å². The molecule has 136 valence electrons. The van der Waals surface area contributed by atoms with E-state index >= 15 is 0 Å². The number of rotatable bonds is 3. The number of thiophene rings is 1. The Morgan fingerprint density at radius 3 is 2.38 bits per heavy atom. The van der Waals surface area contributed by atoms with Gasteiger partial charge in [0.25, 0.3) is 5.91 Å². The third-order valence-corrected chi connectivity index (χ3v) is 6.23. The number of halogens is 1. The first kappa shape index (κ1) is 17.2. The van der Waals surface area contributed by atoms with Gasteiger partial charge in [-0.3, -0.25) is 9.59 Å². The van der Waals surface area contributed by atoms with Crippen molar-refractivity contribution in [2.75, 3.05) is 26.2 Å². The molecular weight excluding hydrogens is 351 g/mol. The van der Waals surface area contributed by atoms with Gasteiger partial charge < -0.3 is 9.80 Å². The summed E-state index contributed by atoms with van der Waals surface area (Å²) in [4.78, 5) is 30.2. The first-order chi connectivity index (χ1) is 12.6. The third-order valence-electron chi connectivity index (χ3n) is 5.37. The average Bonchev–Trinajstić information content (AvgIpc) is 3.42. The second-order valence-electron chi connectivity index (χ2n) is 6.98. The summed E-state index contributed by atoms with van der Waals surface area (Å²) in [5.74, 6) is -0.544. The first-order valence-electron chi connectivity index (χ1n) is 9.00. The molecule has 2 aromatic rings. The van der Waals surface area contributed by atoms with Crippen LogP contribution in [0.1, 0.15) is 34.0 Å². The molecule has 2 amide bonds. The van der Waals surface area contributed by atoms with E-state index < -0.39 is 0 Å². The molecule has 4 rings (SSSR count). The third kappa shape index (κ3) is 3.26. The minimum atomic E-state index is -0.291. The van der Waals surface area contributed by atoms with E-state index in [2.05, 4.69) is 0 Å². The Kier molecular flexibility index (Phi) is 4.76. The lowest BCUT2D eigenvalue weighted by Gasteiger charge is -2.23. The van der Waals surface area contributed by atoms with Crippen molar-refractivity contribution in [3.8, 4) is 0 Å². The van der Waals surface area contributed by atoms with Crippen molar-refractivity contribution in [1.29, 1.82) is 0 Å². The van der Waals surface area contributed by atoms with Crippen molar-refractivity contribution < 1.29 is 14.0 Å². The highest BCUT2D eigenvalue weighted by molar-refractivity contribution is 7.12. The molecule has 26 heavy (non-hydrogen) atoms. The van der Waals surface area contributed by atoms with Gasteiger partial charge in [0.15, 0.2) is 0 Å². The minimum absolute atomic E-state index is 0.0242. The maximum atomic E-state index is 13.3. The lowest BCUT2D eigenvalue weighted by Crippen LogP contribution is -2.37. The number of benzene rings is 1. The molecule has 0 bridgehead atoms. The molecule has 2 atom stereocenters. The van der Waals surface area contributed by atoms with E-state index in [9.17, 15) is 14.0 Å². The van der Waals surface area contributed by atoms with Gasteiger partial charge in [0, 0.05) is 32.1 Å². The number of hydrogen-bond acceptors (Lipinski definition) is 3. The molecule has 6 heteroatoms. The van der Waals surface area contributed by atoms with Gasteiger partial charge in [-0.05, 0) is 42.0 Å². The molecular formula is C20H21FN2O2S. The van der Waals surface area contributed by atoms with Crippen molar-refractivity contribution in [3.63, 3.8) is 0 Å². The van der Waals surface area contributed by atoms with Gasteiger partial charge in [-0.2, -0.15) is 0 Å². The molecule has 1 aromatic heterocycles. The van der Waals surface area contributed by atoms with Crippen LogP contribution in [0, 0.1) is 11.7 Å². The molecule has 3 heterocycles. The monoisotopic (exact) mass is 372 g/mol. The first-order valence-corrected chi connectivity index (χ1v) is 9.88. The quantitative estimate of drug-likeness (QED) is 0.829. The summed E-state index contributed by atoms with van der Waals surface area (Å²) >= 11 is 1.42. The van der Waals surface area contributed by atoms with Crippen molar-refractivity contribution >= 4 is 23.2 Å². The lowest BCUT2D eigenvalue weighted by atomic mass is 9.88. The number of likely N-dealkylation sites (tertiary alicyclic amines) is 2. The highest BCUT2D eigenvalue weighted by Gasteiger charge is 2.42. The highest BCUT2D eigenvalue weighted by Crippen LogP contribution is 2.35. The van der Waals surface area contributed by atoms with Crippen molar-refractivity contribution in [3.05, 3.63) is 58.0 Å². The van der Waals surface area contributed by atoms with Crippen LogP contribution in [0.15, 0.2) is 41.8 Å². The Bertz CT molecular complexity index is 785. The summed E-state index contributed by atoms with van der Waals surface area (Å²) in [7, 11) is 0. The summed E-state index contributed by atoms with van der Waals surface area (Å²) < 4.78 is 13.3. The molecule has 0 radical (unpaired) electrons. The van der Waals surface area contributed by atoms with Gasteiger partial charge in [-0.25, -0.2) is 4.39 Å². The number of hydrogen-bond donors (Lipinski definition) is 0. The Hall–Kier alpha value is -2.21. The summed E-state index contributed by atoms with van der Waals surface area (Å²) in [6.07, 6.45) is 2.08. The molecule has 0 aliphatic carbocycles. The van der Waals surface area contributed by atoms with Crippen LogP contribution in [0.4, 0.5) is 4.39 Å². The molecule has 0 spiro atoms. The van der Waals surface area contributed by atoms with Crippen molar-refractivity contribution in [2.24, 2.45) is 5.92 Å². The van der Waals surface area contributed by atoms with Gasteiger partial charge in [0.2, 0.25) is 5.91 Å². The van der Waals surface area contributed by atoms with Crippen molar-refractivity contribution in [1.82, 2.24) is 9.80 Å². The maximum Gasteiger partial charge on any atom is 0.263 e. The smallest absolute Gasteiger partial charge is 0.263 e. The number of carbonyl (C=O) groups is 2. The summed E-state index contributed by atoms with van der Waals surface area (Å²) in [5.41, 5.74) is 0.922. The Morgan fingerprint density at radius 2 is 1.73 bits per heavy atom. The van der Waals surface area contributed by atoms with Crippen LogP contribution < -0.4 is 0 Å². The summed E-state index contributed by atoms with van der Waals surface area (Å²) in [5, 5.41) is 1.88. The fourth-order valence-electron chi connectivity index (χ4n) is 4.00. The molecule has 2 aliphatic rings. The zero-order valence-electron chi connectivity index (χ0n) is 14.4. The highest BCUT2D eigenvalue weighted by atomic mass is 32.1. The molecule has 0 saturated carbocycles. The average molecular weight is 372 g/mol. The zero-order valence-corrected chi connectivity index (χ0v) is 15.3. The molecule has 1 aromatic carbocycles. The number of carbonyl (C=O) groups excluding carboxylic acids is 2. The van der Waals surface area contributed by atoms with Crippen LogP contribution in [0.2, 0.25) is 0 Å². The van der Waals surface area contributed by atoms with E-state index in [4.69, 9.17) is 0 Å². The molecule has 2 saturated heterocycles. The van der Waals surface area contributed by atoms with Crippen LogP contribution in [-0.2, 0) is 4.79 Å². The predicted molar refractivity (Wildman–Crippen MR) is 98.7 cm³/mol. The second-order valence-corrected chi connectivity index (χ2v) is 7.93. The van der Waals surface area contributed by atoms with Gasteiger partial charge in [-0.15, -0.1) is 11.3 Å². The largest absolute Gasteiger partial charge is 0.342 e. The van der Waals surface area contributed by atoms with E-state index in [0.29, 0.717) is 18.0 Å². The molecule has 0 unspecified atom stereocenters. The Morgan fingerprint density at radius 1 is 1.00 bits per heavy atom. The Labute approximate surface area is 156 Å². The fourth-order valence-corrected chi connectivity index (χ4v) is 4.69. The van der Waals surface area contributed by atoms with Gasteiger partial charge in [0.1, 0.15) is 5.82 Å². The van der Waals surface area contributed by atoms with Crippen LogP contribution in [0.3, 0.4) is 0 Å². The summed E-state index contributed by atoms with van der Waals surface area (Å²) in [6.45, 7) is 2.51. The van der Waals surface area contributed by atoms with E-state index in [1.165, 1.54) is 23.5 Å². The molecule has 4 nitrogen and oxygen atoms in total. The van der Waals surface area contributed by atoms with Gasteiger partial charge in [-0.1, -0.05) is 18.2 Å². The molecule has 0 N–H and O–H groups in total. The van der Waals surface area contributed by atoms with Gasteiger partial charge >= 0.3 is 0 Å². The topological polar surface area (TPSA) is 40.6 Å². The predicted octanol–water partition coefficient (Wildman–Crippen LogP) is 3.37. The van der Waals surface area contributed by atoms with Gasteiger partial charge in [0.05, 0.1) is 10.8 Å². The minimum Gasteiger partial charge on any atom is -0.342 e. The lowest BCUT2D eigenvalue weighted by molar-refractivity contribution is -0.134. The second kappa shape index (κ2) is 7.19. The molecule has 2 fully saturated rings. The fraction of sp³-hybridized carbons (Fsp3) is 0.400. The molecule has 2 aliphatic heterocycles. The van der Waals surface area contributed by atoms with Crippen LogP contribution in [0.25, 0.3) is 0 Å². The van der Waals surface area contributed by atoms with E-state index in [0.717, 1.165) is 31.5 Å². The number of nitrogens with zero attached hydrogens (tertiary/aromatic N) is 2. The Balaban J connectivity index is 1.60. The summed E-state index contributed by atoms with van der Waals surface area (Å²) in [6, 6.07) is 10.0. The van der Waals surface area contributed by atoms with Crippen LogP contribution >= 0.6 is 11.3 Å². The van der Waals surface area contributed by atoms with Crippen LogP contribution in [0.5, 0.6) is 0 Å². The zero-order chi connectivity index (χ0) is 18.1. The standard InChI is InChI=1S/C20H21FN2O2S/c21-15-7-5-14(6-8-15)16-12-23(20(25)18-4-3-11-26-18)13-17(16)19(24)22-9-1-2-10-22/h3-8,11,16-17H,1-2,9-10,12-13H2/t16-,17-/m0/s1.